The Morgan fingerprint density at radius 3 is 2.35 bits per heavy atom. The van der Waals surface area contributed by atoms with Gasteiger partial charge in [0, 0.05) is 26.5 Å². The fourth-order valence-electron chi connectivity index (χ4n) is 2.49. The molecule has 12 heteroatoms. The molecule has 2 aromatic rings. The molecular weight excluding hydrogens is 478 g/mol. The van der Waals surface area contributed by atoms with E-state index >= 15 is 0 Å². The van der Waals surface area contributed by atoms with Gasteiger partial charge in [-0.1, -0.05) is 6.07 Å². The summed E-state index contributed by atoms with van der Waals surface area (Å²) < 4.78 is 16.9. The van der Waals surface area contributed by atoms with E-state index in [1.807, 2.05) is 0 Å². The third-order valence-corrected chi connectivity index (χ3v) is 4.43. The summed E-state index contributed by atoms with van der Waals surface area (Å²) in [4.78, 5) is 38.5. The average Bonchev–Trinajstić information content (AvgIpc) is 2.68. The van der Waals surface area contributed by atoms with Gasteiger partial charge in [0.1, 0.15) is 30.0 Å². The number of rotatable bonds is 10. The second kappa shape index (κ2) is 11.3. The molecule has 11 nitrogen and oxygen atoms in total. The summed E-state index contributed by atoms with van der Waals surface area (Å²) in [6.45, 7) is 2.49. The quantitative estimate of drug-likeness (QED) is 0.252. The molecule has 3 N–H and O–H groups in total. The number of anilines is 2. The van der Waals surface area contributed by atoms with Gasteiger partial charge in [0.2, 0.25) is 0 Å². The van der Waals surface area contributed by atoms with E-state index in [-0.39, 0.29) is 49.2 Å². The predicted octanol–water partition coefficient (Wildman–Crippen LogP) is 2.19. The van der Waals surface area contributed by atoms with Crippen LogP contribution in [0.2, 0.25) is 0 Å². The Morgan fingerprint density at radius 1 is 1.13 bits per heavy atom. The maximum atomic E-state index is 12.6. The van der Waals surface area contributed by atoms with Gasteiger partial charge in [0.05, 0.1) is 17.7 Å². The molecule has 0 fully saturated rings. The molecule has 0 aliphatic carbocycles. The molecule has 0 saturated heterocycles. The number of esters is 2. The molecule has 0 saturated carbocycles. The standard InChI is InChI=1S/C19H22BrN3O8/c1-11(24)29-7-6-16(31-9-8-30-12(2)25)23-10-13(20)18(22-19(23)28)21-17-14(26)4-3-5-15(17)27/h3-5,10,16,26-27H,6-9H2,1-2H3,(H,21,22,28)/t16-/m1/s1. The molecule has 0 aliphatic heterocycles. The number of carbonyl (C=O) groups is 2. The maximum absolute atomic E-state index is 12.6. The van der Waals surface area contributed by atoms with Gasteiger partial charge in [-0.15, -0.1) is 0 Å². The van der Waals surface area contributed by atoms with Crippen LogP contribution in [0.25, 0.3) is 0 Å². The highest BCUT2D eigenvalue weighted by Crippen LogP contribution is 2.35. The predicted molar refractivity (Wildman–Crippen MR) is 112 cm³/mol. The van der Waals surface area contributed by atoms with Crippen LogP contribution < -0.4 is 11.0 Å². The van der Waals surface area contributed by atoms with E-state index in [0.717, 1.165) is 0 Å². The highest BCUT2D eigenvalue weighted by atomic mass is 79.9. The molecule has 168 valence electrons. The van der Waals surface area contributed by atoms with Crippen LogP contribution >= 0.6 is 15.9 Å². The molecule has 1 aromatic carbocycles. The Labute approximate surface area is 185 Å². The van der Waals surface area contributed by atoms with Gasteiger partial charge < -0.3 is 29.7 Å². The summed E-state index contributed by atoms with van der Waals surface area (Å²) in [7, 11) is 0. The van der Waals surface area contributed by atoms with E-state index in [1.165, 1.54) is 42.8 Å². The second-order valence-electron chi connectivity index (χ2n) is 6.22. The minimum atomic E-state index is -0.862. The topological polar surface area (TPSA) is 149 Å². The number of ether oxygens (including phenoxy) is 3. The molecule has 2 rings (SSSR count). The summed E-state index contributed by atoms with van der Waals surface area (Å²) in [6.07, 6.45) is 0.679. The van der Waals surface area contributed by atoms with Crippen molar-refractivity contribution in [2.24, 2.45) is 0 Å². The Morgan fingerprint density at radius 2 is 1.74 bits per heavy atom. The Balaban J connectivity index is 2.24. The minimum absolute atomic E-state index is 0.000138. The normalized spacial score (nSPS) is 11.6. The number of nitrogens with one attached hydrogen (secondary N) is 1. The Hall–Kier alpha value is -3.12. The molecule has 1 atom stereocenters. The summed E-state index contributed by atoms with van der Waals surface area (Å²) in [6, 6.07) is 4.18. The largest absolute Gasteiger partial charge is 0.506 e. The number of benzene rings is 1. The minimum Gasteiger partial charge on any atom is -0.506 e. The number of phenols is 2. The Kier molecular flexibility index (Phi) is 8.82. The van der Waals surface area contributed by atoms with E-state index in [9.17, 15) is 24.6 Å². The Bertz CT molecular complexity index is 974. The SMILES string of the molecule is CC(=O)OCCO[C@H](CCOC(C)=O)n1cc(Br)c(Nc2c(O)cccc2O)nc1=O. The lowest BCUT2D eigenvalue weighted by Gasteiger charge is -2.21. The van der Waals surface area contributed by atoms with Crippen LogP contribution in [0.5, 0.6) is 11.5 Å². The van der Waals surface area contributed by atoms with Crippen molar-refractivity contribution in [3.05, 3.63) is 39.4 Å². The smallest absolute Gasteiger partial charge is 0.351 e. The zero-order chi connectivity index (χ0) is 23.0. The van der Waals surface area contributed by atoms with Crippen molar-refractivity contribution < 1.29 is 34.0 Å². The molecular formula is C19H22BrN3O8. The summed E-state index contributed by atoms with van der Waals surface area (Å²) in [5.74, 6) is -1.36. The molecule has 0 unspecified atom stereocenters. The van der Waals surface area contributed by atoms with Crippen molar-refractivity contribution in [1.82, 2.24) is 9.55 Å². The van der Waals surface area contributed by atoms with Gasteiger partial charge in [-0.3, -0.25) is 14.2 Å². The van der Waals surface area contributed by atoms with Crippen LogP contribution in [-0.2, 0) is 23.8 Å². The van der Waals surface area contributed by atoms with E-state index in [0.29, 0.717) is 4.47 Å². The molecule has 31 heavy (non-hydrogen) atoms. The molecule has 0 aliphatic rings. The number of aromatic nitrogens is 2. The number of hydrogen-bond donors (Lipinski definition) is 3. The van der Waals surface area contributed by atoms with Crippen LogP contribution in [0.15, 0.2) is 33.7 Å². The molecule has 0 bridgehead atoms. The zero-order valence-corrected chi connectivity index (χ0v) is 18.4. The fourth-order valence-corrected chi connectivity index (χ4v) is 2.90. The zero-order valence-electron chi connectivity index (χ0n) is 16.8. The van der Waals surface area contributed by atoms with Crippen LogP contribution in [0, 0.1) is 0 Å². The monoisotopic (exact) mass is 499 g/mol. The number of halogens is 1. The summed E-state index contributed by atoms with van der Waals surface area (Å²) in [5, 5.41) is 22.5. The van der Waals surface area contributed by atoms with Gasteiger partial charge in [0.25, 0.3) is 0 Å². The highest BCUT2D eigenvalue weighted by molar-refractivity contribution is 9.10. The van der Waals surface area contributed by atoms with E-state index < -0.39 is 23.9 Å². The number of para-hydroxylation sites is 1. The summed E-state index contributed by atoms with van der Waals surface area (Å²) >= 11 is 3.29. The van der Waals surface area contributed by atoms with Gasteiger partial charge in [-0.05, 0) is 28.1 Å². The van der Waals surface area contributed by atoms with Gasteiger partial charge in [0.15, 0.2) is 5.82 Å². The van der Waals surface area contributed by atoms with Gasteiger partial charge >= 0.3 is 17.6 Å². The number of nitrogens with zero attached hydrogens (tertiary/aromatic N) is 2. The number of aromatic hydroxyl groups is 2. The van der Waals surface area contributed by atoms with Crippen LogP contribution in [0.1, 0.15) is 26.5 Å². The molecule has 0 amide bonds. The van der Waals surface area contributed by atoms with E-state index in [4.69, 9.17) is 14.2 Å². The first kappa shape index (κ1) is 24.2. The van der Waals surface area contributed by atoms with E-state index in [1.54, 1.807) is 0 Å². The lowest BCUT2D eigenvalue weighted by Crippen LogP contribution is -2.30. The first-order valence-electron chi connectivity index (χ1n) is 9.14. The summed E-state index contributed by atoms with van der Waals surface area (Å²) in [5.41, 5.74) is -0.724. The molecule has 0 spiro atoms. The van der Waals surface area contributed by atoms with E-state index in [2.05, 4.69) is 26.2 Å². The third-order valence-electron chi connectivity index (χ3n) is 3.85. The first-order valence-corrected chi connectivity index (χ1v) is 9.93. The van der Waals surface area contributed by atoms with Crippen molar-refractivity contribution in [2.45, 2.75) is 26.5 Å². The van der Waals surface area contributed by atoms with Crippen LogP contribution in [0.4, 0.5) is 11.5 Å². The molecule has 1 aromatic heterocycles. The molecule has 0 radical (unpaired) electrons. The van der Waals surface area contributed by atoms with Crippen LogP contribution in [-0.4, -0.2) is 51.5 Å². The van der Waals surface area contributed by atoms with Crippen LogP contribution in [0.3, 0.4) is 0 Å². The van der Waals surface area contributed by atoms with Gasteiger partial charge in [-0.25, -0.2) is 4.79 Å². The maximum Gasteiger partial charge on any atom is 0.351 e. The first-order chi connectivity index (χ1) is 14.7. The molecule has 1 heterocycles. The van der Waals surface area contributed by atoms with Crippen molar-refractivity contribution in [3.8, 4) is 11.5 Å². The van der Waals surface area contributed by atoms with Crippen molar-refractivity contribution in [3.63, 3.8) is 0 Å². The number of carbonyl (C=O) groups excluding carboxylic acids is 2. The number of hydrogen-bond acceptors (Lipinski definition) is 10. The highest BCUT2D eigenvalue weighted by Gasteiger charge is 2.18. The van der Waals surface area contributed by atoms with Gasteiger partial charge in [-0.2, -0.15) is 4.98 Å². The van der Waals surface area contributed by atoms with Crippen molar-refractivity contribution in [2.75, 3.05) is 25.1 Å². The third kappa shape index (κ3) is 7.26. The van der Waals surface area contributed by atoms with Crippen molar-refractivity contribution >= 4 is 39.4 Å². The number of phenolic OH excluding ortho intramolecular Hbond substituents is 2. The van der Waals surface area contributed by atoms with Crippen molar-refractivity contribution in [1.29, 1.82) is 0 Å². The lowest BCUT2D eigenvalue weighted by molar-refractivity contribution is -0.146. The fraction of sp³-hybridized carbons (Fsp3) is 0.368. The average molecular weight is 500 g/mol. The lowest BCUT2D eigenvalue weighted by atomic mass is 10.2. The second-order valence-corrected chi connectivity index (χ2v) is 7.07.